The van der Waals surface area contributed by atoms with Crippen molar-refractivity contribution < 1.29 is 9.59 Å². The Kier molecular flexibility index (Phi) is 5.43. The topological polar surface area (TPSA) is 62.3 Å². The van der Waals surface area contributed by atoms with Gasteiger partial charge in [-0.15, -0.1) is 0 Å². The smallest absolute Gasteiger partial charge is 0.272 e. The van der Waals surface area contributed by atoms with Crippen LogP contribution in [0.5, 0.6) is 0 Å². The second-order valence-corrected chi connectivity index (χ2v) is 6.40. The number of nitrogens with one attached hydrogen (secondary N) is 1. The molecule has 1 fully saturated rings. The van der Waals surface area contributed by atoms with Gasteiger partial charge in [-0.1, -0.05) is 12.8 Å². The summed E-state index contributed by atoms with van der Waals surface area (Å²) in [7, 11) is 0. The van der Waals surface area contributed by atoms with Crippen molar-refractivity contribution in [3.63, 3.8) is 0 Å². The van der Waals surface area contributed by atoms with E-state index in [1.54, 1.807) is 31.3 Å². The average Bonchev–Trinajstić information content (AvgIpc) is 2.92. The number of amides is 1. The molecule has 2 aromatic rings. The average molecular weight is 337 g/mol. The zero-order valence-corrected chi connectivity index (χ0v) is 14.5. The number of carbonyl (C=O) groups is 2. The Morgan fingerprint density at radius 2 is 1.56 bits per heavy atom. The highest BCUT2D eigenvalue weighted by Crippen LogP contribution is 2.18. The van der Waals surface area contributed by atoms with Crippen LogP contribution >= 0.6 is 0 Å². The predicted octanol–water partition coefficient (Wildman–Crippen LogP) is 4.04. The summed E-state index contributed by atoms with van der Waals surface area (Å²) in [6, 6.07) is 10.9. The lowest BCUT2D eigenvalue weighted by Crippen LogP contribution is -2.32. The van der Waals surface area contributed by atoms with Gasteiger partial charge < -0.3 is 10.2 Å². The Bertz CT molecular complexity index is 731. The molecule has 0 bridgehead atoms. The lowest BCUT2D eigenvalue weighted by molar-refractivity contribution is 0.0755. The first kappa shape index (κ1) is 17.1. The first-order chi connectivity index (χ1) is 12.1. The molecule has 1 amide bonds. The van der Waals surface area contributed by atoms with E-state index < -0.39 is 0 Å². The van der Waals surface area contributed by atoms with Crippen LogP contribution in [0.1, 0.15) is 53.5 Å². The summed E-state index contributed by atoms with van der Waals surface area (Å²) in [4.78, 5) is 30.1. The fourth-order valence-corrected chi connectivity index (χ4v) is 2.99. The molecule has 5 heteroatoms. The number of rotatable bonds is 4. The Morgan fingerprint density at radius 1 is 0.920 bits per heavy atom. The van der Waals surface area contributed by atoms with Crippen molar-refractivity contribution in [2.24, 2.45) is 0 Å². The van der Waals surface area contributed by atoms with E-state index in [0.717, 1.165) is 37.3 Å². The Labute approximate surface area is 148 Å². The van der Waals surface area contributed by atoms with Crippen molar-refractivity contribution >= 4 is 23.1 Å². The summed E-state index contributed by atoms with van der Waals surface area (Å²) >= 11 is 0. The highest BCUT2D eigenvalue weighted by atomic mass is 16.2. The van der Waals surface area contributed by atoms with Gasteiger partial charge in [-0.3, -0.25) is 9.59 Å². The monoisotopic (exact) mass is 337 g/mol. The molecular formula is C20H23N3O2. The standard InChI is InChI=1S/C20H23N3O2/c1-15(24)16-6-8-17(9-7-16)22-18-10-11-19(21-14-18)20(25)23-12-4-2-3-5-13-23/h6-11,14,22H,2-5,12-13H2,1H3. The molecule has 1 aliphatic heterocycles. The van der Waals surface area contributed by atoms with Crippen LogP contribution in [-0.4, -0.2) is 34.7 Å². The first-order valence-corrected chi connectivity index (χ1v) is 8.77. The molecule has 0 radical (unpaired) electrons. The third-order valence-corrected chi connectivity index (χ3v) is 4.46. The molecule has 0 saturated carbocycles. The van der Waals surface area contributed by atoms with Crippen molar-refractivity contribution in [2.75, 3.05) is 18.4 Å². The summed E-state index contributed by atoms with van der Waals surface area (Å²) in [5.74, 6) is 0.0591. The minimum absolute atomic E-state index is 0.0132. The third-order valence-electron chi connectivity index (χ3n) is 4.46. The number of carbonyl (C=O) groups excluding carboxylic acids is 2. The molecular weight excluding hydrogens is 314 g/mol. The molecule has 0 spiro atoms. The molecule has 2 heterocycles. The lowest BCUT2D eigenvalue weighted by atomic mass is 10.1. The van der Waals surface area contributed by atoms with Gasteiger partial charge in [-0.2, -0.15) is 0 Å². The first-order valence-electron chi connectivity index (χ1n) is 8.77. The van der Waals surface area contributed by atoms with Crippen LogP contribution in [0, 0.1) is 0 Å². The number of ketones is 1. The molecule has 1 aromatic heterocycles. The molecule has 5 nitrogen and oxygen atoms in total. The molecule has 0 aliphatic carbocycles. The second-order valence-electron chi connectivity index (χ2n) is 6.40. The number of anilines is 2. The minimum atomic E-state index is 0.0132. The van der Waals surface area contributed by atoms with Crippen LogP contribution in [0.4, 0.5) is 11.4 Å². The summed E-state index contributed by atoms with van der Waals surface area (Å²) in [5.41, 5.74) is 2.85. The number of likely N-dealkylation sites (tertiary alicyclic amines) is 1. The van der Waals surface area contributed by atoms with Crippen molar-refractivity contribution in [2.45, 2.75) is 32.6 Å². The quantitative estimate of drug-likeness (QED) is 0.855. The van der Waals surface area contributed by atoms with E-state index in [1.807, 2.05) is 23.1 Å². The second kappa shape index (κ2) is 7.92. The summed E-state index contributed by atoms with van der Waals surface area (Å²) in [6.45, 7) is 3.19. The Balaban J connectivity index is 1.65. The van der Waals surface area contributed by atoms with E-state index in [-0.39, 0.29) is 11.7 Å². The molecule has 1 aliphatic rings. The van der Waals surface area contributed by atoms with Gasteiger partial charge in [0.05, 0.1) is 11.9 Å². The molecule has 1 saturated heterocycles. The number of Topliss-reactive ketones (excluding diaryl/α,β-unsaturated/α-hetero) is 1. The van der Waals surface area contributed by atoms with Gasteiger partial charge in [0.25, 0.3) is 5.91 Å². The summed E-state index contributed by atoms with van der Waals surface area (Å²) in [6.07, 6.45) is 6.21. The van der Waals surface area contributed by atoms with Gasteiger partial charge in [0.2, 0.25) is 0 Å². The minimum Gasteiger partial charge on any atom is -0.354 e. The maximum Gasteiger partial charge on any atom is 0.272 e. The zero-order chi connectivity index (χ0) is 17.6. The van der Waals surface area contributed by atoms with Crippen molar-refractivity contribution in [1.29, 1.82) is 0 Å². The highest BCUT2D eigenvalue weighted by molar-refractivity contribution is 5.94. The van der Waals surface area contributed by atoms with E-state index in [4.69, 9.17) is 0 Å². The van der Waals surface area contributed by atoms with E-state index in [9.17, 15) is 9.59 Å². The molecule has 1 N–H and O–H groups in total. The number of pyridine rings is 1. The van der Waals surface area contributed by atoms with Gasteiger partial charge in [0.15, 0.2) is 5.78 Å². The summed E-state index contributed by atoms with van der Waals surface area (Å²) in [5, 5.41) is 3.23. The maximum absolute atomic E-state index is 12.5. The van der Waals surface area contributed by atoms with E-state index in [0.29, 0.717) is 11.3 Å². The lowest BCUT2D eigenvalue weighted by Gasteiger charge is -2.19. The normalized spacial score (nSPS) is 14.7. The van der Waals surface area contributed by atoms with Gasteiger partial charge in [0, 0.05) is 24.3 Å². The van der Waals surface area contributed by atoms with Crippen LogP contribution < -0.4 is 5.32 Å². The number of benzene rings is 1. The van der Waals surface area contributed by atoms with Gasteiger partial charge in [-0.05, 0) is 56.2 Å². The largest absolute Gasteiger partial charge is 0.354 e. The SMILES string of the molecule is CC(=O)c1ccc(Nc2ccc(C(=O)N3CCCCCC3)nc2)cc1. The van der Waals surface area contributed by atoms with Gasteiger partial charge in [-0.25, -0.2) is 4.98 Å². The third kappa shape index (κ3) is 4.44. The molecule has 0 unspecified atom stereocenters. The Hall–Kier alpha value is -2.69. The van der Waals surface area contributed by atoms with Gasteiger partial charge >= 0.3 is 0 Å². The number of hydrogen-bond acceptors (Lipinski definition) is 4. The maximum atomic E-state index is 12.5. The fraction of sp³-hybridized carbons (Fsp3) is 0.350. The Morgan fingerprint density at radius 3 is 2.12 bits per heavy atom. The van der Waals surface area contributed by atoms with Crippen molar-refractivity contribution in [1.82, 2.24) is 9.88 Å². The van der Waals surface area contributed by atoms with Crippen LogP contribution in [0.2, 0.25) is 0 Å². The summed E-state index contributed by atoms with van der Waals surface area (Å²) < 4.78 is 0. The van der Waals surface area contributed by atoms with Gasteiger partial charge in [0.1, 0.15) is 5.69 Å². The molecule has 130 valence electrons. The van der Waals surface area contributed by atoms with E-state index in [2.05, 4.69) is 10.3 Å². The van der Waals surface area contributed by atoms with Crippen molar-refractivity contribution in [3.05, 3.63) is 53.9 Å². The van der Waals surface area contributed by atoms with Crippen LogP contribution in [0.3, 0.4) is 0 Å². The highest BCUT2D eigenvalue weighted by Gasteiger charge is 2.18. The van der Waals surface area contributed by atoms with E-state index >= 15 is 0 Å². The predicted molar refractivity (Wildman–Crippen MR) is 98.3 cm³/mol. The molecule has 25 heavy (non-hydrogen) atoms. The van der Waals surface area contributed by atoms with Crippen LogP contribution in [-0.2, 0) is 0 Å². The molecule has 3 rings (SSSR count). The zero-order valence-electron chi connectivity index (χ0n) is 14.5. The molecule has 1 aromatic carbocycles. The van der Waals surface area contributed by atoms with Crippen molar-refractivity contribution in [3.8, 4) is 0 Å². The number of aromatic nitrogens is 1. The number of nitrogens with zero attached hydrogens (tertiary/aromatic N) is 2. The molecule has 0 atom stereocenters. The van der Waals surface area contributed by atoms with E-state index in [1.165, 1.54) is 12.8 Å². The number of hydrogen-bond donors (Lipinski definition) is 1. The van der Waals surface area contributed by atoms with Crippen LogP contribution in [0.15, 0.2) is 42.6 Å². The van der Waals surface area contributed by atoms with Crippen LogP contribution in [0.25, 0.3) is 0 Å². The fourth-order valence-electron chi connectivity index (χ4n) is 2.99.